The summed E-state index contributed by atoms with van der Waals surface area (Å²) in [4.78, 5) is 10.9. The molecule has 0 saturated heterocycles. The van der Waals surface area contributed by atoms with Crippen LogP contribution < -0.4 is 0 Å². The number of aliphatic hydroxyl groups excluding tert-OH is 1. The number of carboxylic acids is 1. The van der Waals surface area contributed by atoms with Crippen molar-refractivity contribution in [1.82, 2.24) is 0 Å². The Morgan fingerprint density at radius 3 is 2.40 bits per heavy atom. The molecule has 4 heteroatoms. The van der Waals surface area contributed by atoms with Crippen molar-refractivity contribution in [2.45, 2.75) is 25.6 Å². The maximum absolute atomic E-state index is 10.9. The molecule has 82 valence electrons. The van der Waals surface area contributed by atoms with E-state index in [1.54, 1.807) is 25.1 Å². The number of hydrogen-bond donors (Lipinski definition) is 3. The molecule has 0 fully saturated rings. The maximum Gasteiger partial charge on any atom is 0.335 e. The van der Waals surface area contributed by atoms with Gasteiger partial charge in [0.2, 0.25) is 0 Å². The van der Waals surface area contributed by atoms with Gasteiger partial charge < -0.3 is 15.3 Å². The van der Waals surface area contributed by atoms with Crippen molar-refractivity contribution in [2.24, 2.45) is 0 Å². The monoisotopic (exact) mass is 210 g/mol. The van der Waals surface area contributed by atoms with Gasteiger partial charge in [-0.1, -0.05) is 25.1 Å². The average molecular weight is 210 g/mol. The summed E-state index contributed by atoms with van der Waals surface area (Å²) >= 11 is 0. The molecule has 0 aliphatic heterocycles. The lowest BCUT2D eigenvalue weighted by molar-refractivity contribution is -0.0611. The van der Waals surface area contributed by atoms with Crippen LogP contribution in [0.15, 0.2) is 24.3 Å². The van der Waals surface area contributed by atoms with E-state index in [0.29, 0.717) is 12.0 Å². The van der Waals surface area contributed by atoms with Crippen LogP contribution in [0.3, 0.4) is 0 Å². The Morgan fingerprint density at radius 1 is 1.33 bits per heavy atom. The highest BCUT2D eigenvalue weighted by molar-refractivity contribution is 5.89. The number of carboxylic acid groups (broad SMARTS) is 1. The predicted molar refractivity (Wildman–Crippen MR) is 54.7 cm³/mol. The normalized spacial score (nSPS) is 12.8. The summed E-state index contributed by atoms with van der Waals surface area (Å²) < 4.78 is 0. The molecular weight excluding hydrogens is 196 g/mol. The second-order valence-corrected chi connectivity index (χ2v) is 3.32. The molecule has 1 aromatic rings. The smallest absolute Gasteiger partial charge is 0.335 e. The molecule has 1 unspecified atom stereocenters. The number of aliphatic hydroxyl groups is 2. The van der Waals surface area contributed by atoms with Crippen LogP contribution in [-0.4, -0.2) is 27.6 Å². The fourth-order valence-corrected chi connectivity index (χ4v) is 1.61. The van der Waals surface area contributed by atoms with Crippen molar-refractivity contribution in [3.05, 3.63) is 35.4 Å². The number of rotatable bonds is 4. The van der Waals surface area contributed by atoms with Crippen LogP contribution >= 0.6 is 0 Å². The fourth-order valence-electron chi connectivity index (χ4n) is 1.61. The molecule has 1 rings (SSSR count). The van der Waals surface area contributed by atoms with Gasteiger partial charge in [0.25, 0.3) is 0 Å². The van der Waals surface area contributed by atoms with E-state index in [4.69, 9.17) is 15.3 Å². The first-order valence-electron chi connectivity index (χ1n) is 4.76. The molecule has 4 nitrogen and oxygen atoms in total. The summed E-state index contributed by atoms with van der Waals surface area (Å²) in [6.07, 6.45) is -1.06. The van der Waals surface area contributed by atoms with Crippen LogP contribution in [0.5, 0.6) is 0 Å². The number of carbonyl (C=O) groups is 1. The van der Waals surface area contributed by atoms with Crippen LogP contribution in [-0.2, 0) is 0 Å². The van der Waals surface area contributed by atoms with E-state index in [1.807, 2.05) is 0 Å². The minimum atomic E-state index is -1.53. The fraction of sp³-hybridized carbons (Fsp3) is 0.364. The van der Waals surface area contributed by atoms with E-state index in [1.165, 1.54) is 6.07 Å². The lowest BCUT2D eigenvalue weighted by Crippen LogP contribution is -2.19. The Morgan fingerprint density at radius 2 is 1.93 bits per heavy atom. The zero-order valence-electron chi connectivity index (χ0n) is 8.42. The van der Waals surface area contributed by atoms with E-state index < -0.39 is 18.2 Å². The van der Waals surface area contributed by atoms with Crippen LogP contribution in [0.25, 0.3) is 0 Å². The molecule has 1 atom stereocenters. The summed E-state index contributed by atoms with van der Waals surface area (Å²) in [6.45, 7) is 1.78. The third-order valence-corrected chi connectivity index (χ3v) is 2.39. The Labute approximate surface area is 87.8 Å². The summed E-state index contributed by atoms with van der Waals surface area (Å²) in [5.74, 6) is -1.61. The molecule has 0 aliphatic rings. The van der Waals surface area contributed by atoms with Gasteiger partial charge in [-0.3, -0.25) is 0 Å². The summed E-state index contributed by atoms with van der Waals surface area (Å²) in [6, 6.07) is 6.37. The minimum absolute atomic E-state index is 0.123. The number of hydrogen-bond acceptors (Lipinski definition) is 3. The van der Waals surface area contributed by atoms with E-state index in [-0.39, 0.29) is 5.56 Å². The van der Waals surface area contributed by atoms with Gasteiger partial charge in [-0.2, -0.15) is 0 Å². The van der Waals surface area contributed by atoms with Gasteiger partial charge in [0.1, 0.15) is 0 Å². The molecule has 0 aromatic heterocycles. The van der Waals surface area contributed by atoms with Crippen molar-refractivity contribution in [3.8, 4) is 0 Å². The molecule has 0 amide bonds. The number of benzene rings is 1. The first-order valence-corrected chi connectivity index (χ1v) is 4.76. The van der Waals surface area contributed by atoms with Crippen molar-refractivity contribution < 1.29 is 20.1 Å². The summed E-state index contributed by atoms with van der Waals surface area (Å²) in [7, 11) is 0. The van der Waals surface area contributed by atoms with E-state index in [9.17, 15) is 4.79 Å². The highest BCUT2D eigenvalue weighted by Gasteiger charge is 2.22. The second-order valence-electron chi connectivity index (χ2n) is 3.32. The van der Waals surface area contributed by atoms with Gasteiger partial charge in [-0.25, -0.2) is 4.79 Å². The summed E-state index contributed by atoms with van der Waals surface area (Å²) in [5, 5.41) is 27.2. The van der Waals surface area contributed by atoms with Crippen LogP contribution in [0.2, 0.25) is 0 Å². The molecular formula is C11H14O4. The molecule has 0 saturated carbocycles. The van der Waals surface area contributed by atoms with E-state index >= 15 is 0 Å². The van der Waals surface area contributed by atoms with Gasteiger partial charge >= 0.3 is 5.97 Å². The first kappa shape index (κ1) is 11.7. The Hall–Kier alpha value is -1.39. The first-order chi connectivity index (χ1) is 7.07. The predicted octanol–water partition coefficient (Wildman–Crippen LogP) is 1.19. The molecule has 1 aromatic carbocycles. The Bertz CT molecular complexity index is 346. The third kappa shape index (κ3) is 2.55. The standard InChI is InChI=1S/C11H14O4/c1-2-7(10(12)13)8-5-3-4-6-9(8)11(14)15/h3-7,10,12-13H,2H2,1H3,(H,14,15). The molecule has 0 heterocycles. The van der Waals surface area contributed by atoms with Gasteiger partial charge in [0.05, 0.1) is 5.56 Å². The van der Waals surface area contributed by atoms with Gasteiger partial charge in [0.15, 0.2) is 6.29 Å². The van der Waals surface area contributed by atoms with Crippen molar-refractivity contribution in [2.75, 3.05) is 0 Å². The topological polar surface area (TPSA) is 77.8 Å². The van der Waals surface area contributed by atoms with Crippen LogP contribution in [0.1, 0.15) is 35.2 Å². The van der Waals surface area contributed by atoms with Crippen molar-refractivity contribution >= 4 is 5.97 Å². The quantitative estimate of drug-likeness (QED) is 0.652. The lowest BCUT2D eigenvalue weighted by atomic mass is 9.91. The molecule has 0 aliphatic carbocycles. The molecule has 0 radical (unpaired) electrons. The van der Waals surface area contributed by atoms with Gasteiger partial charge in [0, 0.05) is 5.92 Å². The highest BCUT2D eigenvalue weighted by atomic mass is 16.5. The SMILES string of the molecule is CCC(c1ccccc1C(=O)O)C(O)O. The molecule has 0 bridgehead atoms. The maximum atomic E-state index is 10.9. The molecule has 15 heavy (non-hydrogen) atoms. The minimum Gasteiger partial charge on any atom is -0.478 e. The zero-order chi connectivity index (χ0) is 11.4. The lowest BCUT2D eigenvalue weighted by Gasteiger charge is -2.19. The summed E-state index contributed by atoms with van der Waals surface area (Å²) in [5.41, 5.74) is 0.583. The number of aromatic carboxylic acids is 1. The van der Waals surface area contributed by atoms with Crippen LogP contribution in [0.4, 0.5) is 0 Å². The zero-order valence-corrected chi connectivity index (χ0v) is 8.42. The second kappa shape index (κ2) is 4.91. The van der Waals surface area contributed by atoms with Crippen molar-refractivity contribution in [3.63, 3.8) is 0 Å². The van der Waals surface area contributed by atoms with Gasteiger partial charge in [-0.15, -0.1) is 0 Å². The highest BCUT2D eigenvalue weighted by Crippen LogP contribution is 2.25. The largest absolute Gasteiger partial charge is 0.478 e. The average Bonchev–Trinajstić information content (AvgIpc) is 2.18. The third-order valence-electron chi connectivity index (χ3n) is 2.39. The van der Waals surface area contributed by atoms with Crippen molar-refractivity contribution in [1.29, 1.82) is 0 Å². The van der Waals surface area contributed by atoms with Gasteiger partial charge in [-0.05, 0) is 18.1 Å². The van der Waals surface area contributed by atoms with E-state index in [0.717, 1.165) is 0 Å². The molecule has 0 spiro atoms. The van der Waals surface area contributed by atoms with Crippen LogP contribution in [0, 0.1) is 0 Å². The molecule has 3 N–H and O–H groups in total. The van der Waals surface area contributed by atoms with E-state index in [2.05, 4.69) is 0 Å². The Balaban J connectivity index is 3.16. The Kier molecular flexibility index (Phi) is 3.82.